The average Bonchev–Trinajstić information content (AvgIpc) is 2.62. The largest absolute Gasteiger partial charge is 0.397 e. The molecule has 0 spiro atoms. The summed E-state index contributed by atoms with van der Waals surface area (Å²) in [5.41, 5.74) is 11.4. The zero-order chi connectivity index (χ0) is 13.0. The van der Waals surface area contributed by atoms with E-state index in [9.17, 15) is 9.59 Å². The number of nitrogens with two attached hydrogens (primary N) is 2. The van der Waals surface area contributed by atoms with Crippen molar-refractivity contribution in [3.63, 3.8) is 0 Å². The van der Waals surface area contributed by atoms with Gasteiger partial charge in [-0.15, -0.1) is 11.3 Å². The summed E-state index contributed by atoms with van der Waals surface area (Å²) in [6.45, 7) is 2.70. The number of amides is 2. The number of nitrogens with one attached hydrogen (secondary N) is 2. The molecule has 0 aliphatic rings. The molecule has 6 nitrogen and oxygen atoms in total. The Morgan fingerprint density at radius 2 is 2.06 bits per heavy atom. The van der Waals surface area contributed by atoms with E-state index in [1.807, 2.05) is 6.92 Å². The fraction of sp³-hybridized carbons (Fsp3) is 0.400. The Hall–Kier alpha value is -1.76. The summed E-state index contributed by atoms with van der Waals surface area (Å²) >= 11 is 1.11. The second-order valence-electron chi connectivity index (χ2n) is 3.42. The quantitative estimate of drug-likeness (QED) is 0.618. The van der Waals surface area contributed by atoms with Gasteiger partial charge in [-0.3, -0.25) is 9.59 Å². The smallest absolute Gasteiger partial charge is 0.260 e. The normalized spacial score (nSPS) is 10.0. The van der Waals surface area contributed by atoms with Crippen LogP contribution < -0.4 is 22.1 Å². The summed E-state index contributed by atoms with van der Waals surface area (Å²) in [7, 11) is 1.51. The molecule has 0 aromatic carbocycles. The van der Waals surface area contributed by atoms with Gasteiger partial charge >= 0.3 is 0 Å². The molecule has 6 N–H and O–H groups in total. The maximum Gasteiger partial charge on any atom is 0.260 e. The van der Waals surface area contributed by atoms with Crippen molar-refractivity contribution in [1.29, 1.82) is 0 Å². The molecule has 0 unspecified atom stereocenters. The molecule has 0 aliphatic carbocycles. The fourth-order valence-corrected chi connectivity index (χ4v) is 2.34. The molecule has 0 fully saturated rings. The van der Waals surface area contributed by atoms with Gasteiger partial charge in [0, 0.05) is 13.6 Å². The summed E-state index contributed by atoms with van der Waals surface area (Å²) in [6, 6.07) is 0. The van der Waals surface area contributed by atoms with Crippen LogP contribution in [-0.4, -0.2) is 25.4 Å². The number of rotatable bonds is 5. The van der Waals surface area contributed by atoms with E-state index in [-0.39, 0.29) is 16.5 Å². The standard InChI is InChI=1S/C10H16N4O2S/c1-3-4-14-10-5(9(16)13-2)6(11)7(17-10)8(12)15/h14H,3-4,11H2,1-2H3,(H2,12,15)(H,13,16). The monoisotopic (exact) mass is 256 g/mol. The Morgan fingerprint density at radius 1 is 1.41 bits per heavy atom. The minimum absolute atomic E-state index is 0.139. The lowest BCUT2D eigenvalue weighted by molar-refractivity contribution is 0.0965. The number of hydrogen-bond acceptors (Lipinski definition) is 5. The van der Waals surface area contributed by atoms with Crippen LogP contribution in [0.2, 0.25) is 0 Å². The van der Waals surface area contributed by atoms with Crippen LogP contribution in [0.3, 0.4) is 0 Å². The van der Waals surface area contributed by atoms with Gasteiger partial charge in [0.2, 0.25) is 0 Å². The highest BCUT2D eigenvalue weighted by atomic mass is 32.1. The topological polar surface area (TPSA) is 110 Å². The van der Waals surface area contributed by atoms with Crippen molar-refractivity contribution in [3.8, 4) is 0 Å². The highest BCUT2D eigenvalue weighted by Gasteiger charge is 2.23. The van der Waals surface area contributed by atoms with Gasteiger partial charge in [-0.05, 0) is 6.42 Å². The lowest BCUT2D eigenvalue weighted by atomic mass is 10.2. The first-order valence-electron chi connectivity index (χ1n) is 5.20. The Balaban J connectivity index is 3.21. The van der Waals surface area contributed by atoms with E-state index in [2.05, 4.69) is 10.6 Å². The van der Waals surface area contributed by atoms with Gasteiger partial charge in [0.1, 0.15) is 9.88 Å². The first-order chi connectivity index (χ1) is 8.02. The van der Waals surface area contributed by atoms with E-state index in [0.717, 1.165) is 17.8 Å². The lowest BCUT2D eigenvalue weighted by Gasteiger charge is -2.05. The Bertz CT molecular complexity index is 442. The molecule has 17 heavy (non-hydrogen) atoms. The molecule has 1 aromatic heterocycles. The van der Waals surface area contributed by atoms with Crippen LogP contribution in [0.15, 0.2) is 0 Å². The predicted octanol–water partition coefficient (Wildman–Crippen LogP) is 0.611. The lowest BCUT2D eigenvalue weighted by Crippen LogP contribution is -2.20. The number of primary amides is 1. The zero-order valence-corrected chi connectivity index (χ0v) is 10.6. The van der Waals surface area contributed by atoms with Crippen LogP contribution in [0.25, 0.3) is 0 Å². The molecule has 1 aromatic rings. The number of carbonyl (C=O) groups is 2. The first kappa shape index (κ1) is 13.3. The van der Waals surface area contributed by atoms with E-state index >= 15 is 0 Å². The molecule has 0 aliphatic heterocycles. The second-order valence-corrected chi connectivity index (χ2v) is 4.44. The molecule has 94 valence electrons. The number of anilines is 2. The number of thiophene rings is 1. The third kappa shape index (κ3) is 2.68. The minimum Gasteiger partial charge on any atom is -0.397 e. The van der Waals surface area contributed by atoms with Crippen LogP contribution >= 0.6 is 11.3 Å². The van der Waals surface area contributed by atoms with Gasteiger partial charge in [0.15, 0.2) is 0 Å². The Morgan fingerprint density at radius 3 is 2.53 bits per heavy atom. The van der Waals surface area contributed by atoms with Gasteiger partial charge < -0.3 is 22.1 Å². The molecule has 1 rings (SSSR count). The summed E-state index contributed by atoms with van der Waals surface area (Å²) in [5.74, 6) is -0.952. The van der Waals surface area contributed by atoms with Crippen molar-refractivity contribution in [2.24, 2.45) is 5.73 Å². The first-order valence-corrected chi connectivity index (χ1v) is 6.02. The third-order valence-electron chi connectivity index (χ3n) is 2.16. The molecule has 0 saturated heterocycles. The van der Waals surface area contributed by atoms with Crippen molar-refractivity contribution in [1.82, 2.24) is 5.32 Å². The van der Waals surface area contributed by atoms with Crippen molar-refractivity contribution < 1.29 is 9.59 Å². The molecule has 0 saturated carbocycles. The summed E-state index contributed by atoms with van der Waals surface area (Å²) in [6.07, 6.45) is 0.900. The zero-order valence-electron chi connectivity index (χ0n) is 9.79. The molecular formula is C10H16N4O2S. The van der Waals surface area contributed by atoms with Gasteiger partial charge in [0.05, 0.1) is 11.3 Å². The van der Waals surface area contributed by atoms with Gasteiger partial charge in [-0.25, -0.2) is 0 Å². The van der Waals surface area contributed by atoms with Crippen LogP contribution in [0.1, 0.15) is 33.4 Å². The Labute approximate surface area is 103 Å². The van der Waals surface area contributed by atoms with Crippen LogP contribution in [0, 0.1) is 0 Å². The van der Waals surface area contributed by atoms with Crippen molar-refractivity contribution in [3.05, 3.63) is 10.4 Å². The Kier molecular flexibility index (Phi) is 4.33. The van der Waals surface area contributed by atoms with Gasteiger partial charge in [-0.1, -0.05) is 6.92 Å². The van der Waals surface area contributed by atoms with Crippen LogP contribution in [0.5, 0.6) is 0 Å². The van der Waals surface area contributed by atoms with Crippen LogP contribution in [-0.2, 0) is 0 Å². The van der Waals surface area contributed by atoms with E-state index in [4.69, 9.17) is 11.5 Å². The summed E-state index contributed by atoms with van der Waals surface area (Å²) < 4.78 is 0. The van der Waals surface area contributed by atoms with Crippen molar-refractivity contribution in [2.45, 2.75) is 13.3 Å². The predicted molar refractivity (Wildman–Crippen MR) is 69.4 cm³/mol. The van der Waals surface area contributed by atoms with Gasteiger partial charge in [-0.2, -0.15) is 0 Å². The number of nitrogen functional groups attached to an aromatic ring is 1. The van der Waals surface area contributed by atoms with E-state index in [0.29, 0.717) is 17.1 Å². The minimum atomic E-state index is -0.623. The van der Waals surface area contributed by atoms with Crippen LogP contribution in [0.4, 0.5) is 10.7 Å². The molecule has 0 atom stereocenters. The summed E-state index contributed by atoms with van der Waals surface area (Å²) in [5, 5.41) is 6.13. The molecule has 1 heterocycles. The molecular weight excluding hydrogens is 240 g/mol. The maximum absolute atomic E-state index is 11.7. The van der Waals surface area contributed by atoms with E-state index in [1.54, 1.807) is 0 Å². The fourth-order valence-electron chi connectivity index (χ4n) is 1.34. The highest BCUT2D eigenvalue weighted by molar-refractivity contribution is 7.19. The molecule has 0 bridgehead atoms. The van der Waals surface area contributed by atoms with E-state index < -0.39 is 5.91 Å². The average molecular weight is 256 g/mol. The SMILES string of the molecule is CCCNc1sc(C(N)=O)c(N)c1C(=O)NC. The molecule has 0 radical (unpaired) electrons. The molecule has 2 amide bonds. The van der Waals surface area contributed by atoms with Crippen molar-refractivity contribution >= 4 is 33.8 Å². The van der Waals surface area contributed by atoms with E-state index in [1.165, 1.54) is 7.05 Å². The second kappa shape index (κ2) is 5.53. The molecule has 7 heteroatoms. The summed E-state index contributed by atoms with van der Waals surface area (Å²) in [4.78, 5) is 23.1. The van der Waals surface area contributed by atoms with Crippen molar-refractivity contribution in [2.75, 3.05) is 24.6 Å². The maximum atomic E-state index is 11.7. The number of hydrogen-bond donors (Lipinski definition) is 4. The third-order valence-corrected chi connectivity index (χ3v) is 3.34. The highest BCUT2D eigenvalue weighted by Crippen LogP contribution is 2.35. The number of carbonyl (C=O) groups excluding carboxylic acids is 2. The van der Waals surface area contributed by atoms with Gasteiger partial charge in [0.25, 0.3) is 11.8 Å².